The van der Waals surface area contributed by atoms with Crippen LogP contribution in [-0.4, -0.2) is 46.3 Å². The van der Waals surface area contributed by atoms with Crippen molar-refractivity contribution in [2.24, 2.45) is 0 Å². The molecule has 3 aromatic rings. The molecule has 1 aromatic heterocycles. The zero-order valence-electron chi connectivity index (χ0n) is 22.1. The fourth-order valence-corrected chi connectivity index (χ4v) is 5.47. The topological polar surface area (TPSA) is 85.4 Å². The van der Waals surface area contributed by atoms with Gasteiger partial charge in [0.2, 0.25) is 5.91 Å². The average Bonchev–Trinajstić information content (AvgIpc) is 3.35. The monoisotopic (exact) mass is 561 g/mol. The van der Waals surface area contributed by atoms with Gasteiger partial charge in [-0.15, -0.1) is 0 Å². The number of benzene rings is 2. The van der Waals surface area contributed by atoms with Crippen LogP contribution in [-0.2, 0) is 4.79 Å². The predicted octanol–water partition coefficient (Wildman–Crippen LogP) is 6.19. The average molecular weight is 563 g/mol. The number of aromatic nitrogens is 2. The van der Waals surface area contributed by atoms with Crippen molar-refractivity contribution >= 4 is 34.8 Å². The van der Waals surface area contributed by atoms with Gasteiger partial charge >= 0.3 is 0 Å². The summed E-state index contributed by atoms with van der Waals surface area (Å²) in [5.41, 5.74) is 9.89. The lowest BCUT2D eigenvalue weighted by Crippen LogP contribution is -2.43. The summed E-state index contributed by atoms with van der Waals surface area (Å²) < 4.78 is 22.2. The van der Waals surface area contributed by atoms with Crippen molar-refractivity contribution in [1.82, 2.24) is 20.0 Å². The number of rotatable bonds is 8. The smallest absolute Gasteiger partial charge is 0.234 e. The van der Waals surface area contributed by atoms with E-state index in [1.165, 1.54) is 12.1 Å². The van der Waals surface area contributed by atoms with Gasteiger partial charge in [0, 0.05) is 41.5 Å². The molecule has 0 aliphatic carbocycles. The number of likely N-dealkylation sites (tertiary alicyclic amines) is 1. The van der Waals surface area contributed by atoms with Crippen LogP contribution in [0.4, 0.5) is 10.1 Å². The lowest BCUT2D eigenvalue weighted by atomic mass is 10.0. The number of ether oxygens (including phenoxy) is 1. The van der Waals surface area contributed by atoms with Gasteiger partial charge < -0.3 is 15.8 Å². The molecule has 3 N–H and O–H groups in total. The van der Waals surface area contributed by atoms with Crippen molar-refractivity contribution in [2.45, 2.75) is 58.7 Å². The summed E-state index contributed by atoms with van der Waals surface area (Å²) in [5.74, 6) is -0.0334. The second kappa shape index (κ2) is 11.9. The number of aryl methyl sites for hydroxylation is 1. The first-order chi connectivity index (χ1) is 18.0. The third-order valence-corrected chi connectivity index (χ3v) is 7.54. The maximum atomic E-state index is 14.1. The number of nitrogens with zero attached hydrogens (tertiary/aromatic N) is 3. The SMILES string of the molecule is Cc1cc(-c2cnn(C3CCN(CC(=O)NC(C)C)CC3)c2)cc(OC(C)c2c(Cl)ccc(F)c2Cl)c1N. The Kier molecular flexibility index (Phi) is 8.85. The number of carbonyl (C=O) groups is 1. The zero-order valence-corrected chi connectivity index (χ0v) is 23.6. The molecule has 38 heavy (non-hydrogen) atoms. The highest BCUT2D eigenvalue weighted by molar-refractivity contribution is 6.36. The van der Waals surface area contributed by atoms with Crippen molar-refractivity contribution in [2.75, 3.05) is 25.4 Å². The van der Waals surface area contributed by atoms with E-state index in [0.29, 0.717) is 28.6 Å². The van der Waals surface area contributed by atoms with Gasteiger partial charge in [-0.3, -0.25) is 14.4 Å². The van der Waals surface area contributed by atoms with E-state index in [0.717, 1.165) is 42.6 Å². The van der Waals surface area contributed by atoms with E-state index in [2.05, 4.69) is 15.3 Å². The third-order valence-electron chi connectivity index (χ3n) is 6.82. The van der Waals surface area contributed by atoms with E-state index in [1.807, 2.05) is 50.0 Å². The maximum Gasteiger partial charge on any atom is 0.234 e. The molecule has 204 valence electrons. The molecule has 7 nitrogen and oxygen atoms in total. The molecule has 1 fully saturated rings. The Labute approximate surface area is 233 Å². The van der Waals surface area contributed by atoms with Crippen molar-refractivity contribution in [1.29, 1.82) is 0 Å². The Morgan fingerprint density at radius 1 is 1.21 bits per heavy atom. The van der Waals surface area contributed by atoms with Crippen LogP contribution in [0, 0.1) is 12.7 Å². The lowest BCUT2D eigenvalue weighted by molar-refractivity contribution is -0.123. The standard InChI is InChI=1S/C28H34Cl2FN5O2/c1-16(2)34-25(37)15-35-9-7-21(8-10-35)36-14-20(13-33-36)19-11-17(3)28(32)24(12-19)38-18(4)26-22(29)5-6-23(31)27(26)30/h5-6,11-14,16,18,21H,7-10,15,32H2,1-4H3,(H,34,37). The number of hydrogen-bond acceptors (Lipinski definition) is 5. The largest absolute Gasteiger partial charge is 0.484 e. The van der Waals surface area contributed by atoms with Crippen molar-refractivity contribution in [3.05, 3.63) is 63.6 Å². The fourth-order valence-electron chi connectivity index (χ4n) is 4.79. The third kappa shape index (κ3) is 6.42. The van der Waals surface area contributed by atoms with Crippen molar-refractivity contribution < 1.29 is 13.9 Å². The van der Waals surface area contributed by atoms with Crippen LogP contribution >= 0.6 is 23.2 Å². The second-order valence-electron chi connectivity index (χ2n) is 10.2. The van der Waals surface area contributed by atoms with Crippen LogP contribution in [0.1, 0.15) is 56.9 Å². The molecule has 10 heteroatoms. The van der Waals surface area contributed by atoms with Crippen LogP contribution in [0.3, 0.4) is 0 Å². The second-order valence-corrected chi connectivity index (χ2v) is 10.9. The van der Waals surface area contributed by atoms with E-state index in [1.54, 1.807) is 6.92 Å². The normalized spacial score (nSPS) is 15.6. The number of nitrogens with one attached hydrogen (secondary N) is 1. The molecule has 2 aromatic carbocycles. The first-order valence-corrected chi connectivity index (χ1v) is 13.6. The van der Waals surface area contributed by atoms with E-state index in [4.69, 9.17) is 33.7 Å². The number of carbonyl (C=O) groups excluding carboxylic acids is 1. The van der Waals surface area contributed by atoms with E-state index in [-0.39, 0.29) is 23.0 Å². The molecule has 1 atom stereocenters. The molecule has 4 rings (SSSR count). The van der Waals surface area contributed by atoms with Crippen LogP contribution in [0.15, 0.2) is 36.7 Å². The van der Waals surface area contributed by atoms with Crippen molar-refractivity contribution in [3.8, 4) is 16.9 Å². The number of halogens is 3. The summed E-state index contributed by atoms with van der Waals surface area (Å²) in [5, 5.41) is 7.84. The quantitative estimate of drug-likeness (QED) is 0.253. The molecule has 0 saturated carbocycles. The summed E-state index contributed by atoms with van der Waals surface area (Å²) in [4.78, 5) is 14.3. The first kappa shape index (κ1) is 28.2. The Morgan fingerprint density at radius 2 is 1.92 bits per heavy atom. The van der Waals surface area contributed by atoms with E-state index < -0.39 is 11.9 Å². The minimum absolute atomic E-state index is 0.0628. The number of anilines is 1. The molecule has 1 unspecified atom stereocenters. The predicted molar refractivity (Wildman–Crippen MR) is 150 cm³/mol. The highest BCUT2D eigenvalue weighted by Crippen LogP contribution is 2.39. The molecule has 0 bridgehead atoms. The number of nitrogen functional groups attached to an aromatic ring is 1. The highest BCUT2D eigenvalue weighted by Gasteiger charge is 2.24. The summed E-state index contributed by atoms with van der Waals surface area (Å²) in [7, 11) is 0. The van der Waals surface area contributed by atoms with Gasteiger partial charge in [0.1, 0.15) is 17.7 Å². The van der Waals surface area contributed by atoms with Gasteiger partial charge in [-0.25, -0.2) is 4.39 Å². The minimum Gasteiger partial charge on any atom is -0.484 e. The lowest BCUT2D eigenvalue weighted by Gasteiger charge is -2.31. The molecule has 1 amide bonds. The number of piperidine rings is 1. The van der Waals surface area contributed by atoms with Gasteiger partial charge in [0.15, 0.2) is 0 Å². The Morgan fingerprint density at radius 3 is 2.61 bits per heavy atom. The highest BCUT2D eigenvalue weighted by atomic mass is 35.5. The van der Waals surface area contributed by atoms with Crippen LogP contribution in [0.2, 0.25) is 10.0 Å². The van der Waals surface area contributed by atoms with Gasteiger partial charge in [-0.2, -0.15) is 5.10 Å². The van der Waals surface area contributed by atoms with Gasteiger partial charge in [0.05, 0.1) is 29.5 Å². The van der Waals surface area contributed by atoms with E-state index in [9.17, 15) is 9.18 Å². The van der Waals surface area contributed by atoms with Crippen LogP contribution < -0.4 is 15.8 Å². The Bertz CT molecular complexity index is 1300. The van der Waals surface area contributed by atoms with Gasteiger partial charge in [0.25, 0.3) is 0 Å². The maximum absolute atomic E-state index is 14.1. The molecule has 0 spiro atoms. The van der Waals surface area contributed by atoms with E-state index >= 15 is 0 Å². The number of amides is 1. The fraction of sp³-hybridized carbons (Fsp3) is 0.429. The molecule has 1 saturated heterocycles. The summed E-state index contributed by atoms with van der Waals surface area (Å²) in [6, 6.07) is 6.94. The molecular weight excluding hydrogens is 528 g/mol. The Balaban J connectivity index is 1.47. The molecular formula is C28H34Cl2FN5O2. The number of nitrogens with two attached hydrogens (primary N) is 1. The zero-order chi connectivity index (χ0) is 27.6. The Hall–Kier alpha value is -2.81. The summed E-state index contributed by atoms with van der Waals surface area (Å²) >= 11 is 12.5. The van der Waals surface area contributed by atoms with Gasteiger partial charge in [-0.05, 0) is 75.9 Å². The summed E-state index contributed by atoms with van der Waals surface area (Å²) in [6.45, 7) is 9.70. The van der Waals surface area contributed by atoms with Crippen LogP contribution in [0.5, 0.6) is 5.75 Å². The van der Waals surface area contributed by atoms with Gasteiger partial charge in [-0.1, -0.05) is 23.2 Å². The van der Waals surface area contributed by atoms with Crippen LogP contribution in [0.25, 0.3) is 11.1 Å². The first-order valence-electron chi connectivity index (χ1n) is 12.8. The molecule has 1 aliphatic rings. The molecule has 0 radical (unpaired) electrons. The summed E-state index contributed by atoms with van der Waals surface area (Å²) in [6.07, 6.45) is 5.07. The molecule has 2 heterocycles. The van der Waals surface area contributed by atoms with Crippen molar-refractivity contribution in [3.63, 3.8) is 0 Å². The number of hydrogen-bond donors (Lipinski definition) is 2. The molecule has 1 aliphatic heterocycles. The minimum atomic E-state index is -0.627.